The van der Waals surface area contributed by atoms with Gasteiger partial charge in [-0.15, -0.1) is 0 Å². The van der Waals surface area contributed by atoms with E-state index in [-0.39, 0.29) is 22.7 Å². The van der Waals surface area contributed by atoms with E-state index in [1.54, 1.807) is 55.5 Å². The molecule has 1 aliphatic heterocycles. The molecule has 190 valence electrons. The summed E-state index contributed by atoms with van der Waals surface area (Å²) in [4.78, 5) is 27.7. The number of ether oxygens (including phenoxy) is 2. The summed E-state index contributed by atoms with van der Waals surface area (Å²) in [5.74, 6) is -2.52. The van der Waals surface area contributed by atoms with Crippen LogP contribution in [-0.4, -0.2) is 26.2 Å². The van der Waals surface area contributed by atoms with Crippen LogP contribution in [0.2, 0.25) is 0 Å². The second kappa shape index (κ2) is 11.2. The Morgan fingerprint density at radius 3 is 2.08 bits per heavy atom. The SMILES string of the molecule is COC(=O)C1=C(C(=O)OC)N(c2ccc(N=Nc3ccccc3)cc2C)C(N)=C(C#N)C1c1ccccc1. The molecule has 3 aromatic rings. The van der Waals surface area contributed by atoms with E-state index >= 15 is 0 Å². The monoisotopic (exact) mass is 507 g/mol. The smallest absolute Gasteiger partial charge is 0.355 e. The molecule has 2 N–H and O–H groups in total. The van der Waals surface area contributed by atoms with Gasteiger partial charge in [-0.25, -0.2) is 9.59 Å². The zero-order valence-electron chi connectivity index (χ0n) is 21.1. The molecule has 0 radical (unpaired) electrons. The highest BCUT2D eigenvalue weighted by molar-refractivity contribution is 6.06. The van der Waals surface area contributed by atoms with E-state index in [2.05, 4.69) is 16.3 Å². The molecule has 0 aliphatic carbocycles. The number of allylic oxidation sites excluding steroid dienone is 1. The second-order valence-electron chi connectivity index (χ2n) is 8.34. The molecule has 38 heavy (non-hydrogen) atoms. The molecular formula is C29H25N5O4. The van der Waals surface area contributed by atoms with Crippen LogP contribution in [0.4, 0.5) is 17.1 Å². The lowest BCUT2D eigenvalue weighted by Crippen LogP contribution is -2.41. The topological polar surface area (TPSA) is 130 Å². The molecule has 1 heterocycles. The van der Waals surface area contributed by atoms with E-state index < -0.39 is 17.9 Å². The van der Waals surface area contributed by atoms with Crippen molar-refractivity contribution in [2.45, 2.75) is 12.8 Å². The van der Waals surface area contributed by atoms with Gasteiger partial charge in [-0.3, -0.25) is 4.90 Å². The van der Waals surface area contributed by atoms with Crippen LogP contribution in [0.25, 0.3) is 0 Å². The Labute approximate surface area is 220 Å². The number of azo groups is 1. The molecule has 0 saturated carbocycles. The average molecular weight is 508 g/mol. The highest BCUT2D eigenvalue weighted by Gasteiger charge is 2.43. The third-order valence-electron chi connectivity index (χ3n) is 6.07. The van der Waals surface area contributed by atoms with Crippen LogP contribution in [0.5, 0.6) is 0 Å². The van der Waals surface area contributed by atoms with Crippen molar-refractivity contribution in [3.8, 4) is 6.07 Å². The maximum atomic E-state index is 13.2. The third-order valence-corrected chi connectivity index (χ3v) is 6.07. The molecule has 0 spiro atoms. The minimum Gasteiger partial charge on any atom is -0.466 e. The molecule has 0 aromatic heterocycles. The van der Waals surface area contributed by atoms with Crippen molar-refractivity contribution >= 4 is 29.0 Å². The Morgan fingerprint density at radius 2 is 1.50 bits per heavy atom. The molecule has 1 atom stereocenters. The van der Waals surface area contributed by atoms with Crippen molar-refractivity contribution < 1.29 is 19.1 Å². The van der Waals surface area contributed by atoms with Gasteiger partial charge in [0, 0.05) is 0 Å². The zero-order chi connectivity index (χ0) is 27.2. The predicted octanol–water partition coefficient (Wildman–Crippen LogP) is 5.31. The minimum absolute atomic E-state index is 0.00355. The number of methoxy groups -OCH3 is 2. The fraction of sp³-hybridized carbons (Fsp3) is 0.138. The highest BCUT2D eigenvalue weighted by Crippen LogP contribution is 2.44. The van der Waals surface area contributed by atoms with Crippen LogP contribution >= 0.6 is 0 Å². The van der Waals surface area contributed by atoms with Crippen LogP contribution in [0, 0.1) is 18.3 Å². The van der Waals surface area contributed by atoms with Gasteiger partial charge in [0.2, 0.25) is 0 Å². The largest absolute Gasteiger partial charge is 0.466 e. The fourth-order valence-electron chi connectivity index (χ4n) is 4.33. The Bertz CT molecular complexity index is 1500. The molecule has 1 aliphatic rings. The van der Waals surface area contributed by atoms with Crippen LogP contribution in [0.1, 0.15) is 17.0 Å². The summed E-state index contributed by atoms with van der Waals surface area (Å²) in [7, 11) is 2.42. The second-order valence-corrected chi connectivity index (χ2v) is 8.34. The lowest BCUT2D eigenvalue weighted by molar-refractivity contribution is -0.139. The maximum absolute atomic E-state index is 13.2. The Morgan fingerprint density at radius 1 is 0.895 bits per heavy atom. The van der Waals surface area contributed by atoms with E-state index in [1.807, 2.05) is 30.3 Å². The number of nitriles is 1. The number of carbonyl (C=O) groups excluding carboxylic acids is 2. The van der Waals surface area contributed by atoms with Gasteiger partial charge >= 0.3 is 11.9 Å². The van der Waals surface area contributed by atoms with Crippen molar-refractivity contribution in [1.29, 1.82) is 5.26 Å². The van der Waals surface area contributed by atoms with Crippen molar-refractivity contribution in [1.82, 2.24) is 0 Å². The van der Waals surface area contributed by atoms with Gasteiger partial charge < -0.3 is 15.2 Å². The minimum atomic E-state index is -0.932. The quantitative estimate of drug-likeness (QED) is 0.353. The summed E-state index contributed by atoms with van der Waals surface area (Å²) < 4.78 is 10.1. The molecule has 3 aromatic carbocycles. The number of anilines is 1. The van der Waals surface area contributed by atoms with Crippen LogP contribution < -0.4 is 10.6 Å². The lowest BCUT2D eigenvalue weighted by atomic mass is 9.80. The number of carbonyl (C=O) groups is 2. The van der Waals surface area contributed by atoms with Crippen LogP contribution in [-0.2, 0) is 19.1 Å². The lowest BCUT2D eigenvalue weighted by Gasteiger charge is -2.36. The highest BCUT2D eigenvalue weighted by atomic mass is 16.5. The fourth-order valence-corrected chi connectivity index (χ4v) is 4.33. The Kier molecular flexibility index (Phi) is 7.63. The van der Waals surface area contributed by atoms with Crippen molar-refractivity contribution in [3.63, 3.8) is 0 Å². The molecule has 9 nitrogen and oxygen atoms in total. The van der Waals surface area contributed by atoms with Crippen molar-refractivity contribution in [2.24, 2.45) is 16.0 Å². The molecule has 0 bridgehead atoms. The summed E-state index contributed by atoms with van der Waals surface area (Å²) in [5, 5.41) is 18.7. The number of rotatable bonds is 6. The van der Waals surface area contributed by atoms with Crippen molar-refractivity contribution in [3.05, 3.63) is 113 Å². The van der Waals surface area contributed by atoms with E-state index in [0.29, 0.717) is 28.2 Å². The summed E-state index contributed by atoms with van der Waals surface area (Å²) in [6.45, 7) is 1.80. The number of hydrogen-bond donors (Lipinski definition) is 1. The molecule has 0 fully saturated rings. The summed E-state index contributed by atoms with van der Waals surface area (Å²) in [6.07, 6.45) is 0. The van der Waals surface area contributed by atoms with E-state index in [0.717, 1.165) is 0 Å². The van der Waals surface area contributed by atoms with Gasteiger partial charge in [-0.1, -0.05) is 48.5 Å². The first-order valence-electron chi connectivity index (χ1n) is 11.6. The molecular weight excluding hydrogens is 482 g/mol. The maximum Gasteiger partial charge on any atom is 0.355 e. The molecule has 0 amide bonds. The predicted molar refractivity (Wildman–Crippen MR) is 141 cm³/mol. The normalized spacial score (nSPS) is 15.4. The number of esters is 2. The number of benzene rings is 3. The summed E-state index contributed by atoms with van der Waals surface area (Å²) >= 11 is 0. The molecule has 4 rings (SSSR count). The Balaban J connectivity index is 1.91. The van der Waals surface area contributed by atoms with Crippen LogP contribution in [0.3, 0.4) is 0 Å². The van der Waals surface area contributed by atoms with Gasteiger partial charge in [0.25, 0.3) is 0 Å². The zero-order valence-corrected chi connectivity index (χ0v) is 21.1. The first-order valence-corrected chi connectivity index (χ1v) is 11.6. The van der Waals surface area contributed by atoms with Gasteiger partial charge in [0.05, 0.1) is 54.4 Å². The van der Waals surface area contributed by atoms with E-state index in [9.17, 15) is 14.9 Å². The van der Waals surface area contributed by atoms with Crippen LogP contribution in [0.15, 0.2) is 112 Å². The number of nitrogens with two attached hydrogens (primary N) is 1. The standard InChI is InChI=1S/C29H25N5O4/c1-18-16-21(33-32-20-12-8-5-9-13-20)14-15-23(18)34-26(29(36)38-3)25(28(35)37-2)24(22(17-30)27(34)31)19-10-6-4-7-11-19/h4-16,24H,31H2,1-3H3. The van der Waals surface area contributed by atoms with Gasteiger partial charge in [0.1, 0.15) is 11.5 Å². The average Bonchev–Trinajstić information content (AvgIpc) is 2.96. The number of aryl methyl sites for hydroxylation is 1. The molecule has 9 heteroatoms. The van der Waals surface area contributed by atoms with E-state index in [1.165, 1.54) is 19.1 Å². The number of nitrogens with zero attached hydrogens (tertiary/aromatic N) is 4. The molecule has 1 unspecified atom stereocenters. The van der Waals surface area contributed by atoms with Crippen molar-refractivity contribution in [2.75, 3.05) is 19.1 Å². The first kappa shape index (κ1) is 25.9. The molecule has 0 saturated heterocycles. The van der Waals surface area contributed by atoms with Gasteiger partial charge in [0.15, 0.2) is 0 Å². The van der Waals surface area contributed by atoms with E-state index in [4.69, 9.17) is 15.2 Å². The Hall–Kier alpha value is -5.23. The summed E-state index contributed by atoms with van der Waals surface area (Å²) in [5.41, 5.74) is 9.46. The third kappa shape index (κ3) is 4.88. The van der Waals surface area contributed by atoms with Gasteiger partial charge in [-0.2, -0.15) is 15.5 Å². The number of hydrogen-bond acceptors (Lipinski definition) is 9. The first-order chi connectivity index (χ1) is 18.4. The summed E-state index contributed by atoms with van der Waals surface area (Å²) in [6, 6.07) is 25.4. The van der Waals surface area contributed by atoms with Gasteiger partial charge in [-0.05, 0) is 48.4 Å².